The first-order valence-corrected chi connectivity index (χ1v) is 8.40. The highest BCUT2D eigenvalue weighted by Crippen LogP contribution is 2.35. The predicted octanol–water partition coefficient (Wildman–Crippen LogP) is 3.06. The lowest BCUT2D eigenvalue weighted by Gasteiger charge is -2.22. The molecule has 3 aromatic rings. The third-order valence-electron chi connectivity index (χ3n) is 4.11. The minimum absolute atomic E-state index is 0.501. The summed E-state index contributed by atoms with van der Waals surface area (Å²) in [5.41, 5.74) is 1.01. The van der Waals surface area contributed by atoms with Gasteiger partial charge in [-0.25, -0.2) is 0 Å². The quantitative estimate of drug-likeness (QED) is 0.743. The standard InChI is InChI=1S/C16H17N5S/c1-2-6-13(7-3-1)21-16(17-18-19-21)12-20-10-4-8-14(20)15-9-5-11-22-15/h1-3,5-7,9,11,14H,4,8,10,12H2. The summed E-state index contributed by atoms with van der Waals surface area (Å²) in [6.07, 6.45) is 2.45. The Hall–Kier alpha value is -2.05. The van der Waals surface area contributed by atoms with Crippen molar-refractivity contribution in [1.82, 2.24) is 25.1 Å². The van der Waals surface area contributed by atoms with Gasteiger partial charge in [-0.1, -0.05) is 24.3 Å². The second-order valence-electron chi connectivity index (χ2n) is 5.49. The van der Waals surface area contributed by atoms with Gasteiger partial charge in [0, 0.05) is 10.9 Å². The van der Waals surface area contributed by atoms with E-state index in [1.165, 1.54) is 17.7 Å². The topological polar surface area (TPSA) is 46.8 Å². The molecule has 0 amide bonds. The zero-order valence-corrected chi connectivity index (χ0v) is 13.0. The maximum atomic E-state index is 4.24. The van der Waals surface area contributed by atoms with Gasteiger partial charge in [-0.2, -0.15) is 4.68 Å². The second kappa shape index (κ2) is 5.98. The molecule has 3 heterocycles. The molecule has 6 heteroatoms. The Morgan fingerprint density at radius 2 is 2.05 bits per heavy atom. The van der Waals surface area contributed by atoms with E-state index in [1.807, 2.05) is 46.4 Å². The summed E-state index contributed by atoms with van der Waals surface area (Å²) >= 11 is 1.84. The first-order valence-electron chi connectivity index (χ1n) is 7.52. The summed E-state index contributed by atoms with van der Waals surface area (Å²) < 4.78 is 1.84. The minimum atomic E-state index is 0.501. The largest absolute Gasteiger partial charge is 0.288 e. The Balaban J connectivity index is 1.58. The molecule has 1 fully saturated rings. The fourth-order valence-electron chi connectivity index (χ4n) is 3.07. The van der Waals surface area contributed by atoms with Crippen molar-refractivity contribution < 1.29 is 0 Å². The lowest BCUT2D eigenvalue weighted by atomic mass is 10.2. The monoisotopic (exact) mass is 311 g/mol. The number of benzene rings is 1. The van der Waals surface area contributed by atoms with E-state index in [0.717, 1.165) is 24.6 Å². The summed E-state index contributed by atoms with van der Waals surface area (Å²) in [5.74, 6) is 0.898. The van der Waals surface area contributed by atoms with Crippen LogP contribution in [0.5, 0.6) is 0 Å². The molecule has 1 aliphatic heterocycles. The van der Waals surface area contributed by atoms with Gasteiger partial charge >= 0.3 is 0 Å². The van der Waals surface area contributed by atoms with E-state index in [4.69, 9.17) is 0 Å². The van der Waals surface area contributed by atoms with Crippen LogP contribution in [-0.2, 0) is 6.54 Å². The number of nitrogens with zero attached hydrogens (tertiary/aromatic N) is 5. The van der Waals surface area contributed by atoms with Crippen molar-refractivity contribution >= 4 is 11.3 Å². The van der Waals surface area contributed by atoms with Crippen LogP contribution in [0.15, 0.2) is 47.8 Å². The predicted molar refractivity (Wildman–Crippen MR) is 85.9 cm³/mol. The highest BCUT2D eigenvalue weighted by Gasteiger charge is 2.28. The highest BCUT2D eigenvalue weighted by molar-refractivity contribution is 7.10. The fourth-order valence-corrected chi connectivity index (χ4v) is 3.97. The van der Waals surface area contributed by atoms with Crippen LogP contribution >= 0.6 is 11.3 Å². The van der Waals surface area contributed by atoms with E-state index in [9.17, 15) is 0 Å². The van der Waals surface area contributed by atoms with Gasteiger partial charge in [0.2, 0.25) is 0 Å². The molecular weight excluding hydrogens is 294 g/mol. The highest BCUT2D eigenvalue weighted by atomic mass is 32.1. The van der Waals surface area contributed by atoms with Gasteiger partial charge in [0.15, 0.2) is 5.82 Å². The Kier molecular flexibility index (Phi) is 3.70. The van der Waals surface area contributed by atoms with Crippen molar-refractivity contribution in [3.63, 3.8) is 0 Å². The molecule has 2 aromatic heterocycles. The zero-order valence-electron chi connectivity index (χ0n) is 12.2. The molecule has 0 saturated carbocycles. The van der Waals surface area contributed by atoms with Crippen molar-refractivity contribution in [3.05, 3.63) is 58.5 Å². The van der Waals surface area contributed by atoms with Crippen molar-refractivity contribution in [2.75, 3.05) is 6.54 Å². The molecule has 0 radical (unpaired) electrons. The van der Waals surface area contributed by atoms with E-state index < -0.39 is 0 Å². The number of hydrogen-bond acceptors (Lipinski definition) is 5. The Morgan fingerprint density at radius 3 is 2.86 bits per heavy atom. The van der Waals surface area contributed by atoms with Gasteiger partial charge in [0.05, 0.1) is 12.2 Å². The Labute approximate surface area is 133 Å². The van der Waals surface area contributed by atoms with E-state index in [0.29, 0.717) is 6.04 Å². The maximum absolute atomic E-state index is 4.24. The first-order chi connectivity index (χ1) is 10.9. The summed E-state index contributed by atoms with van der Waals surface area (Å²) in [6.45, 7) is 1.88. The molecular formula is C16H17N5S. The average Bonchev–Trinajstić information content (AvgIpc) is 3.30. The molecule has 0 aliphatic carbocycles. The Morgan fingerprint density at radius 1 is 1.14 bits per heavy atom. The molecule has 1 aliphatic rings. The van der Waals surface area contributed by atoms with E-state index in [1.54, 1.807) is 0 Å². The van der Waals surface area contributed by atoms with Crippen LogP contribution in [0.4, 0.5) is 0 Å². The fraction of sp³-hybridized carbons (Fsp3) is 0.312. The molecule has 1 atom stereocenters. The summed E-state index contributed by atoms with van der Waals surface area (Å²) in [4.78, 5) is 3.92. The van der Waals surface area contributed by atoms with Crippen molar-refractivity contribution in [2.24, 2.45) is 0 Å². The summed E-state index contributed by atoms with van der Waals surface area (Å²) in [5, 5.41) is 14.4. The molecule has 1 unspecified atom stereocenters. The molecule has 0 bridgehead atoms. The number of para-hydroxylation sites is 1. The number of likely N-dealkylation sites (tertiary alicyclic amines) is 1. The van der Waals surface area contributed by atoms with Gasteiger partial charge in [0.25, 0.3) is 0 Å². The summed E-state index contributed by atoms with van der Waals surface area (Å²) in [7, 11) is 0. The molecule has 5 nitrogen and oxygen atoms in total. The molecule has 0 N–H and O–H groups in total. The third-order valence-corrected chi connectivity index (χ3v) is 5.09. The van der Waals surface area contributed by atoms with Crippen molar-refractivity contribution in [3.8, 4) is 5.69 Å². The summed E-state index contributed by atoms with van der Waals surface area (Å²) in [6, 6.07) is 14.9. The van der Waals surface area contributed by atoms with Crippen molar-refractivity contribution in [1.29, 1.82) is 0 Å². The average molecular weight is 311 g/mol. The number of hydrogen-bond donors (Lipinski definition) is 0. The Bertz CT molecular complexity index is 722. The normalized spacial score (nSPS) is 18.8. The van der Waals surface area contributed by atoms with E-state index in [2.05, 4.69) is 37.9 Å². The van der Waals surface area contributed by atoms with Crippen LogP contribution in [-0.4, -0.2) is 31.7 Å². The molecule has 1 saturated heterocycles. The number of tetrazole rings is 1. The van der Waals surface area contributed by atoms with Crippen LogP contribution in [0.1, 0.15) is 29.6 Å². The van der Waals surface area contributed by atoms with Crippen LogP contribution in [0.3, 0.4) is 0 Å². The number of thiophene rings is 1. The van der Waals surface area contributed by atoms with Gasteiger partial charge < -0.3 is 0 Å². The van der Waals surface area contributed by atoms with Crippen LogP contribution in [0, 0.1) is 0 Å². The lowest BCUT2D eigenvalue weighted by molar-refractivity contribution is 0.243. The maximum Gasteiger partial charge on any atom is 0.170 e. The second-order valence-corrected chi connectivity index (χ2v) is 6.47. The number of rotatable bonds is 4. The zero-order chi connectivity index (χ0) is 14.8. The van der Waals surface area contributed by atoms with E-state index in [-0.39, 0.29) is 0 Å². The van der Waals surface area contributed by atoms with Crippen molar-refractivity contribution in [2.45, 2.75) is 25.4 Å². The molecule has 0 spiro atoms. The van der Waals surface area contributed by atoms with Gasteiger partial charge in [0.1, 0.15) is 0 Å². The molecule has 4 rings (SSSR count). The lowest BCUT2D eigenvalue weighted by Crippen LogP contribution is -2.24. The minimum Gasteiger partial charge on any atom is -0.288 e. The number of aromatic nitrogens is 4. The molecule has 22 heavy (non-hydrogen) atoms. The van der Waals surface area contributed by atoms with Gasteiger partial charge in [-0.3, -0.25) is 4.90 Å². The third kappa shape index (κ3) is 2.55. The van der Waals surface area contributed by atoms with Crippen LogP contribution in [0.25, 0.3) is 5.69 Å². The van der Waals surface area contributed by atoms with Gasteiger partial charge in [-0.05, 0) is 53.4 Å². The smallest absolute Gasteiger partial charge is 0.170 e. The molecule has 112 valence electrons. The van der Waals surface area contributed by atoms with Gasteiger partial charge in [-0.15, -0.1) is 16.4 Å². The van der Waals surface area contributed by atoms with Crippen LogP contribution < -0.4 is 0 Å². The first kappa shape index (κ1) is 13.6. The molecule has 1 aromatic carbocycles. The SMILES string of the molecule is c1ccc(-n2nnnc2CN2CCCC2c2cccs2)cc1. The van der Waals surface area contributed by atoms with Crippen LogP contribution in [0.2, 0.25) is 0 Å². The van der Waals surface area contributed by atoms with E-state index >= 15 is 0 Å².